The van der Waals surface area contributed by atoms with Crippen molar-refractivity contribution < 1.29 is 9.53 Å². The molecule has 0 bridgehead atoms. The second kappa shape index (κ2) is 18.8. The highest BCUT2D eigenvalue weighted by atomic mass is 79.9. The van der Waals surface area contributed by atoms with Crippen molar-refractivity contribution in [1.82, 2.24) is 4.90 Å². The number of halogens is 1. The van der Waals surface area contributed by atoms with Crippen molar-refractivity contribution in [2.75, 3.05) is 19.7 Å². The number of hydrogen-bond acceptors (Lipinski definition) is 3. The number of aliphatic imine (C=N–C) groups is 1. The van der Waals surface area contributed by atoms with Gasteiger partial charge in [0.1, 0.15) is 6.61 Å². The van der Waals surface area contributed by atoms with E-state index in [9.17, 15) is 4.79 Å². The lowest BCUT2D eigenvalue weighted by atomic mass is 9.91. The largest absolute Gasteiger partial charge is 0.445 e. The van der Waals surface area contributed by atoms with Crippen LogP contribution in [0, 0.1) is 5.92 Å². The summed E-state index contributed by atoms with van der Waals surface area (Å²) < 4.78 is 6.65. The van der Waals surface area contributed by atoms with Gasteiger partial charge in [-0.1, -0.05) is 93.9 Å². The molecule has 1 saturated heterocycles. The summed E-state index contributed by atoms with van der Waals surface area (Å²) in [5.74, 6) is 0.374. The van der Waals surface area contributed by atoms with Crippen molar-refractivity contribution in [3.8, 4) is 0 Å². The summed E-state index contributed by atoms with van der Waals surface area (Å²) in [7, 11) is 0. The number of piperidine rings is 1. The van der Waals surface area contributed by atoms with Gasteiger partial charge in [-0.25, -0.2) is 4.79 Å². The Morgan fingerprint density at radius 1 is 1.08 bits per heavy atom. The average Bonchev–Trinajstić information content (AvgIpc) is 3.19. The first-order valence-corrected chi connectivity index (χ1v) is 14.4. The zero-order valence-corrected chi connectivity index (χ0v) is 24.7. The average molecular weight is 558 g/mol. The van der Waals surface area contributed by atoms with Crippen LogP contribution in [0.1, 0.15) is 79.2 Å². The van der Waals surface area contributed by atoms with E-state index in [-0.39, 0.29) is 6.09 Å². The molecule has 0 spiro atoms. The number of likely N-dealkylation sites (tertiary alicyclic amines) is 1. The van der Waals surface area contributed by atoms with Gasteiger partial charge in [-0.3, -0.25) is 4.99 Å². The van der Waals surface area contributed by atoms with Gasteiger partial charge in [0.15, 0.2) is 0 Å². The number of nitrogens with zero attached hydrogens (tertiary/aromatic N) is 2. The first-order chi connectivity index (χ1) is 17.6. The van der Waals surface area contributed by atoms with E-state index >= 15 is 0 Å². The normalized spacial score (nSPS) is 16.2. The quantitative estimate of drug-likeness (QED) is 0.314. The topological polar surface area (TPSA) is 41.9 Å². The molecule has 1 fully saturated rings. The third kappa shape index (κ3) is 10.7. The van der Waals surface area contributed by atoms with Crippen LogP contribution in [0.2, 0.25) is 0 Å². The highest BCUT2D eigenvalue weighted by Gasteiger charge is 2.26. The highest BCUT2D eigenvalue weighted by molar-refractivity contribution is 9.10. The monoisotopic (exact) mass is 556 g/mol. The van der Waals surface area contributed by atoms with Gasteiger partial charge in [0.2, 0.25) is 0 Å². The van der Waals surface area contributed by atoms with E-state index in [1.54, 1.807) is 0 Å². The molecule has 1 amide bonds. The summed E-state index contributed by atoms with van der Waals surface area (Å²) in [6.07, 6.45) is 17.0. The third-order valence-corrected chi connectivity index (χ3v) is 6.31. The molecule has 3 rings (SSSR count). The fourth-order valence-corrected chi connectivity index (χ4v) is 4.22. The molecular weight excluding hydrogens is 512 g/mol. The molecular formula is C31H45BrN2O2. The molecule has 0 N–H and O–H groups in total. The van der Waals surface area contributed by atoms with Crippen LogP contribution in [0.15, 0.2) is 75.9 Å². The van der Waals surface area contributed by atoms with Gasteiger partial charge in [-0.05, 0) is 67.0 Å². The van der Waals surface area contributed by atoms with E-state index in [4.69, 9.17) is 9.73 Å². The molecule has 0 unspecified atom stereocenters. The molecule has 2 aliphatic heterocycles. The Balaban J connectivity index is 0.00000154. The highest BCUT2D eigenvalue weighted by Crippen LogP contribution is 2.26. The predicted octanol–water partition coefficient (Wildman–Crippen LogP) is 9.39. The Labute approximate surface area is 228 Å². The molecule has 4 nitrogen and oxygen atoms in total. The van der Waals surface area contributed by atoms with Gasteiger partial charge < -0.3 is 9.64 Å². The van der Waals surface area contributed by atoms with Crippen molar-refractivity contribution in [2.45, 2.75) is 73.6 Å². The first-order valence-electron chi connectivity index (χ1n) is 13.6. The summed E-state index contributed by atoms with van der Waals surface area (Å²) in [6.45, 7) is 13.9. The van der Waals surface area contributed by atoms with Gasteiger partial charge in [-0.15, -0.1) is 0 Å². The Hall–Kier alpha value is -2.40. The first kappa shape index (κ1) is 31.6. The Bertz CT molecular complexity index is 918. The van der Waals surface area contributed by atoms with E-state index < -0.39 is 0 Å². The number of rotatable bonds is 7. The molecule has 2 heterocycles. The van der Waals surface area contributed by atoms with Crippen LogP contribution in [0.3, 0.4) is 0 Å². The molecule has 0 aromatic heterocycles. The second-order valence-electron chi connectivity index (χ2n) is 8.14. The maximum Gasteiger partial charge on any atom is 0.410 e. The van der Waals surface area contributed by atoms with Crippen molar-refractivity contribution in [3.05, 3.63) is 76.5 Å². The summed E-state index contributed by atoms with van der Waals surface area (Å²) in [5.41, 5.74) is 4.59. The Morgan fingerprint density at radius 2 is 1.75 bits per heavy atom. The number of hydrogen-bond donors (Lipinski definition) is 0. The number of ether oxygens (including phenoxy) is 1. The van der Waals surface area contributed by atoms with Crippen LogP contribution >= 0.6 is 15.9 Å². The molecule has 198 valence electrons. The number of carbonyl (C=O) groups excluding carboxylic acids is 1. The van der Waals surface area contributed by atoms with E-state index in [1.165, 1.54) is 11.1 Å². The zero-order valence-electron chi connectivity index (χ0n) is 23.1. The minimum absolute atomic E-state index is 0.217. The van der Waals surface area contributed by atoms with E-state index in [2.05, 4.69) is 84.4 Å². The van der Waals surface area contributed by atoms with Gasteiger partial charge in [0.05, 0.1) is 0 Å². The van der Waals surface area contributed by atoms with E-state index in [1.807, 2.05) is 38.8 Å². The molecule has 0 atom stereocenters. The number of carbonyl (C=O) groups is 1. The van der Waals surface area contributed by atoms with Crippen molar-refractivity contribution >= 4 is 33.3 Å². The Kier molecular flexibility index (Phi) is 16.5. The fraction of sp³-hybridized carbons (Fsp3) is 0.484. The summed E-state index contributed by atoms with van der Waals surface area (Å²) >= 11 is 3.49. The minimum Gasteiger partial charge on any atom is -0.445 e. The SMILES string of the molecule is CC.CC.CC/C=C\C(=C/CC)COC(=O)N1CCC(C2=NC=C(c3ccc(Br)cc3)CC=C2)CC1. The lowest BCUT2D eigenvalue weighted by molar-refractivity contribution is 0.0997. The second-order valence-corrected chi connectivity index (χ2v) is 9.05. The van der Waals surface area contributed by atoms with Gasteiger partial charge in [0.25, 0.3) is 0 Å². The van der Waals surface area contributed by atoms with Crippen LogP contribution in [0.25, 0.3) is 5.57 Å². The zero-order chi connectivity index (χ0) is 26.8. The number of allylic oxidation sites excluding steroid dienone is 5. The van der Waals surface area contributed by atoms with Crippen LogP contribution in [0.5, 0.6) is 0 Å². The smallest absolute Gasteiger partial charge is 0.410 e. The number of benzene rings is 1. The maximum atomic E-state index is 12.5. The fourth-order valence-electron chi connectivity index (χ4n) is 3.95. The van der Waals surface area contributed by atoms with Crippen LogP contribution < -0.4 is 0 Å². The van der Waals surface area contributed by atoms with Gasteiger partial charge in [-0.2, -0.15) is 0 Å². The van der Waals surface area contributed by atoms with Gasteiger partial charge >= 0.3 is 6.09 Å². The summed E-state index contributed by atoms with van der Waals surface area (Å²) in [4.78, 5) is 19.2. The van der Waals surface area contributed by atoms with Crippen molar-refractivity contribution in [2.24, 2.45) is 10.9 Å². The minimum atomic E-state index is -0.217. The molecule has 0 radical (unpaired) electrons. The van der Waals surface area contributed by atoms with Crippen molar-refractivity contribution in [3.63, 3.8) is 0 Å². The Morgan fingerprint density at radius 3 is 2.36 bits per heavy atom. The van der Waals surface area contributed by atoms with E-state index in [0.717, 1.165) is 47.9 Å². The predicted molar refractivity (Wildman–Crippen MR) is 159 cm³/mol. The van der Waals surface area contributed by atoms with Crippen LogP contribution in [-0.4, -0.2) is 36.4 Å². The molecule has 2 aliphatic rings. The van der Waals surface area contributed by atoms with Crippen molar-refractivity contribution in [1.29, 1.82) is 0 Å². The van der Waals surface area contributed by atoms with Crippen LogP contribution in [0.4, 0.5) is 4.79 Å². The van der Waals surface area contributed by atoms with Gasteiger partial charge in [0, 0.05) is 35.4 Å². The summed E-state index contributed by atoms with van der Waals surface area (Å²) in [5, 5.41) is 0. The molecule has 36 heavy (non-hydrogen) atoms. The molecule has 0 aliphatic carbocycles. The standard InChI is InChI=1S/C27H33BrN2O2.2C2H6/c1-3-5-8-21(7-4-2)20-32-27(31)30-17-15-23(16-18-30)26-10-6-9-24(19-29-26)22-11-13-25(28)14-12-22;2*1-2/h5-8,10-14,19,23H,3-4,9,15-18,20H2,1-2H3;2*1-2H3/b8-5-,21-7+;;. The number of amides is 1. The van der Waals surface area contributed by atoms with Crippen LogP contribution in [-0.2, 0) is 4.74 Å². The lowest BCUT2D eigenvalue weighted by Gasteiger charge is -2.31. The summed E-state index contributed by atoms with van der Waals surface area (Å²) in [6, 6.07) is 8.36. The molecule has 1 aromatic rings. The molecule has 1 aromatic carbocycles. The molecule has 5 heteroatoms. The molecule has 0 saturated carbocycles. The lowest BCUT2D eigenvalue weighted by Crippen LogP contribution is -2.40. The third-order valence-electron chi connectivity index (χ3n) is 5.78. The maximum absolute atomic E-state index is 12.5. The van der Waals surface area contributed by atoms with E-state index in [0.29, 0.717) is 25.6 Å².